The van der Waals surface area contributed by atoms with Gasteiger partial charge >= 0.3 is 0 Å². The summed E-state index contributed by atoms with van der Waals surface area (Å²) in [7, 11) is 1.67. The van der Waals surface area contributed by atoms with Gasteiger partial charge in [0.05, 0.1) is 0 Å². The Labute approximate surface area is 118 Å². The van der Waals surface area contributed by atoms with Crippen molar-refractivity contribution in [2.24, 2.45) is 13.0 Å². The van der Waals surface area contributed by atoms with Crippen LogP contribution < -0.4 is 5.56 Å². The highest BCUT2D eigenvalue weighted by Gasteiger charge is 2.24. The van der Waals surface area contributed by atoms with Gasteiger partial charge in [-0.25, -0.2) is 0 Å². The van der Waals surface area contributed by atoms with Gasteiger partial charge in [-0.2, -0.15) is 0 Å². The lowest BCUT2D eigenvalue weighted by atomic mass is 9.95. The van der Waals surface area contributed by atoms with Crippen LogP contribution in [-0.4, -0.2) is 34.3 Å². The fourth-order valence-electron chi connectivity index (χ4n) is 2.50. The average Bonchev–Trinajstić information content (AvgIpc) is 2.42. The van der Waals surface area contributed by atoms with Gasteiger partial charge in [0.2, 0.25) is 0 Å². The first-order valence-corrected chi connectivity index (χ1v) is 7.17. The molecule has 0 radical (unpaired) electrons. The van der Waals surface area contributed by atoms with E-state index in [1.165, 1.54) is 10.6 Å². The molecule has 19 heavy (non-hydrogen) atoms. The van der Waals surface area contributed by atoms with Crippen LogP contribution in [0.25, 0.3) is 0 Å². The summed E-state index contributed by atoms with van der Waals surface area (Å²) in [4.78, 5) is 25.8. The Morgan fingerprint density at radius 2 is 2.32 bits per heavy atom. The molecule has 1 unspecified atom stereocenters. The first kappa shape index (κ1) is 14.1. The van der Waals surface area contributed by atoms with E-state index in [1.54, 1.807) is 19.3 Å². The summed E-state index contributed by atoms with van der Waals surface area (Å²) in [5, 5.41) is 0. The molecule has 2 heterocycles. The number of aryl methyl sites for hydroxylation is 1. The molecule has 4 nitrogen and oxygen atoms in total. The molecule has 1 aliphatic heterocycles. The highest BCUT2D eigenvalue weighted by atomic mass is 35.5. The topological polar surface area (TPSA) is 42.3 Å². The Bertz CT molecular complexity index is 510. The first-order valence-electron chi connectivity index (χ1n) is 6.63. The maximum atomic E-state index is 12.4. The number of nitrogens with zero attached hydrogens (tertiary/aromatic N) is 2. The minimum atomic E-state index is -0.153. The van der Waals surface area contributed by atoms with Gasteiger partial charge in [-0.1, -0.05) is 0 Å². The number of hydrogen-bond donors (Lipinski definition) is 0. The van der Waals surface area contributed by atoms with E-state index >= 15 is 0 Å². The Morgan fingerprint density at radius 3 is 3.00 bits per heavy atom. The van der Waals surface area contributed by atoms with Crippen LogP contribution in [0.3, 0.4) is 0 Å². The van der Waals surface area contributed by atoms with Crippen LogP contribution in [0, 0.1) is 5.92 Å². The first-order chi connectivity index (χ1) is 9.11. The van der Waals surface area contributed by atoms with E-state index in [0.717, 1.165) is 32.4 Å². The van der Waals surface area contributed by atoms with Crippen LogP contribution >= 0.6 is 11.6 Å². The number of rotatable bonds is 3. The van der Waals surface area contributed by atoms with Gasteiger partial charge in [-0.3, -0.25) is 9.59 Å². The molecule has 1 fully saturated rings. The minimum absolute atomic E-state index is 0.0445. The number of amides is 1. The van der Waals surface area contributed by atoms with Crippen LogP contribution in [0.15, 0.2) is 23.1 Å². The van der Waals surface area contributed by atoms with Crippen molar-refractivity contribution in [3.8, 4) is 0 Å². The molecule has 2 rings (SSSR count). The summed E-state index contributed by atoms with van der Waals surface area (Å²) < 4.78 is 1.46. The molecule has 0 spiro atoms. The summed E-state index contributed by atoms with van der Waals surface area (Å²) in [5.74, 6) is 1.08. The molecule has 1 aliphatic rings. The van der Waals surface area contributed by atoms with E-state index in [2.05, 4.69) is 0 Å². The van der Waals surface area contributed by atoms with Crippen LogP contribution in [0.2, 0.25) is 0 Å². The molecule has 5 heteroatoms. The molecule has 104 valence electrons. The second kappa shape index (κ2) is 6.24. The number of likely N-dealkylation sites (tertiary alicyclic amines) is 1. The molecule has 1 saturated heterocycles. The number of carbonyl (C=O) groups is 1. The number of aromatic nitrogens is 1. The van der Waals surface area contributed by atoms with Crippen LogP contribution in [0.1, 0.15) is 29.6 Å². The number of piperidine rings is 1. The largest absolute Gasteiger partial charge is 0.338 e. The highest BCUT2D eigenvalue weighted by molar-refractivity contribution is 6.17. The van der Waals surface area contributed by atoms with Gasteiger partial charge in [0.1, 0.15) is 0 Å². The Morgan fingerprint density at radius 1 is 1.53 bits per heavy atom. The van der Waals surface area contributed by atoms with Crippen LogP contribution in [0.5, 0.6) is 0 Å². The van der Waals surface area contributed by atoms with E-state index in [0.29, 0.717) is 17.4 Å². The summed E-state index contributed by atoms with van der Waals surface area (Å²) in [5.41, 5.74) is 0.329. The van der Waals surface area contributed by atoms with Crippen molar-refractivity contribution in [2.75, 3.05) is 19.0 Å². The summed E-state index contributed by atoms with van der Waals surface area (Å²) in [6, 6.07) is 3.11. The lowest BCUT2D eigenvalue weighted by Gasteiger charge is -2.32. The second-order valence-corrected chi connectivity index (χ2v) is 5.48. The maximum Gasteiger partial charge on any atom is 0.254 e. The normalized spacial score (nSPS) is 19.5. The third kappa shape index (κ3) is 3.38. The van der Waals surface area contributed by atoms with E-state index in [4.69, 9.17) is 11.6 Å². The van der Waals surface area contributed by atoms with Gasteiger partial charge in [-0.05, 0) is 31.2 Å². The molecule has 0 aliphatic carbocycles. The van der Waals surface area contributed by atoms with E-state index in [-0.39, 0.29) is 11.5 Å². The smallest absolute Gasteiger partial charge is 0.254 e. The molecule has 1 aromatic heterocycles. The lowest BCUT2D eigenvalue weighted by Crippen LogP contribution is -2.40. The number of pyridine rings is 1. The van der Waals surface area contributed by atoms with Crippen molar-refractivity contribution < 1.29 is 4.79 Å². The number of halogens is 1. The van der Waals surface area contributed by atoms with Crippen LogP contribution in [0.4, 0.5) is 0 Å². The lowest BCUT2D eigenvalue weighted by molar-refractivity contribution is 0.0671. The molecule has 0 bridgehead atoms. The van der Waals surface area contributed by atoms with Crippen molar-refractivity contribution >= 4 is 17.5 Å². The molecule has 0 saturated carbocycles. The van der Waals surface area contributed by atoms with Crippen molar-refractivity contribution in [3.63, 3.8) is 0 Å². The summed E-state index contributed by atoms with van der Waals surface area (Å²) in [6.07, 6.45) is 4.73. The fourth-order valence-corrected chi connectivity index (χ4v) is 2.81. The molecule has 1 aromatic rings. The number of alkyl halides is 1. The molecule has 0 N–H and O–H groups in total. The fraction of sp³-hybridized carbons (Fsp3) is 0.571. The number of hydrogen-bond acceptors (Lipinski definition) is 2. The third-order valence-corrected chi connectivity index (χ3v) is 3.89. The Kier molecular flexibility index (Phi) is 4.64. The van der Waals surface area contributed by atoms with E-state index in [1.807, 2.05) is 4.90 Å². The third-order valence-electron chi connectivity index (χ3n) is 3.67. The predicted molar refractivity (Wildman–Crippen MR) is 75.6 cm³/mol. The Hall–Kier alpha value is -1.29. The zero-order valence-corrected chi connectivity index (χ0v) is 11.9. The van der Waals surface area contributed by atoms with E-state index < -0.39 is 0 Å². The standard InChI is InChI=1S/C14H19ClN2O2/c1-16-8-5-12(9-13(16)18)14(19)17-7-2-3-11(10-17)4-6-15/h5,8-9,11H,2-4,6-7,10H2,1H3. The maximum absolute atomic E-state index is 12.4. The van der Waals surface area contributed by atoms with Gasteiger partial charge in [0, 0.05) is 43.8 Å². The molecule has 0 aromatic carbocycles. The second-order valence-electron chi connectivity index (χ2n) is 5.10. The van der Waals surface area contributed by atoms with Crippen molar-refractivity contribution in [1.29, 1.82) is 0 Å². The van der Waals surface area contributed by atoms with Gasteiger partial charge in [-0.15, -0.1) is 11.6 Å². The van der Waals surface area contributed by atoms with Crippen molar-refractivity contribution in [2.45, 2.75) is 19.3 Å². The van der Waals surface area contributed by atoms with Crippen molar-refractivity contribution in [1.82, 2.24) is 9.47 Å². The molecule has 1 amide bonds. The number of carbonyl (C=O) groups excluding carboxylic acids is 1. The zero-order valence-electron chi connectivity index (χ0n) is 11.1. The van der Waals surface area contributed by atoms with Gasteiger partial charge in [0.25, 0.3) is 11.5 Å². The average molecular weight is 283 g/mol. The SMILES string of the molecule is Cn1ccc(C(=O)N2CCCC(CCCl)C2)cc1=O. The highest BCUT2D eigenvalue weighted by Crippen LogP contribution is 2.21. The van der Waals surface area contributed by atoms with Gasteiger partial charge in [0.15, 0.2) is 0 Å². The van der Waals surface area contributed by atoms with E-state index in [9.17, 15) is 9.59 Å². The predicted octanol–water partition coefficient (Wildman–Crippen LogP) is 1.87. The Balaban J connectivity index is 2.10. The molecular formula is C14H19ClN2O2. The van der Waals surface area contributed by atoms with Crippen molar-refractivity contribution in [3.05, 3.63) is 34.2 Å². The summed E-state index contributed by atoms with van der Waals surface area (Å²) >= 11 is 5.77. The summed E-state index contributed by atoms with van der Waals surface area (Å²) in [6.45, 7) is 1.52. The zero-order chi connectivity index (χ0) is 13.8. The monoisotopic (exact) mass is 282 g/mol. The molecular weight excluding hydrogens is 264 g/mol. The molecule has 1 atom stereocenters. The quantitative estimate of drug-likeness (QED) is 0.794. The van der Waals surface area contributed by atoms with Gasteiger partial charge < -0.3 is 9.47 Å². The minimum Gasteiger partial charge on any atom is -0.338 e. The van der Waals surface area contributed by atoms with Crippen LogP contribution in [-0.2, 0) is 7.05 Å².